The molecule has 126 valence electrons. The van der Waals surface area contributed by atoms with Crippen molar-refractivity contribution in [3.8, 4) is 5.75 Å². The van der Waals surface area contributed by atoms with Gasteiger partial charge in [0.15, 0.2) is 0 Å². The second-order valence-electron chi connectivity index (χ2n) is 5.05. The van der Waals surface area contributed by atoms with Crippen molar-refractivity contribution < 1.29 is 22.7 Å². The standard InChI is InChI=1S/C13H20N2O5S.ClH/c1-13(2,8-14)15-21(17,18)9-5-6-10(12(16)20-4)11(7-9)19-3;/h5-7,15H,8,14H2,1-4H3;1H. The van der Waals surface area contributed by atoms with Gasteiger partial charge in [0, 0.05) is 18.2 Å². The topological polar surface area (TPSA) is 108 Å². The van der Waals surface area contributed by atoms with Crippen molar-refractivity contribution in [2.45, 2.75) is 24.3 Å². The predicted molar refractivity (Wildman–Crippen MR) is 85.0 cm³/mol. The van der Waals surface area contributed by atoms with Crippen LogP contribution in [0.5, 0.6) is 5.75 Å². The van der Waals surface area contributed by atoms with Crippen molar-refractivity contribution in [1.29, 1.82) is 0 Å². The van der Waals surface area contributed by atoms with Crippen molar-refractivity contribution in [2.24, 2.45) is 5.73 Å². The van der Waals surface area contributed by atoms with Crippen LogP contribution in [-0.4, -0.2) is 40.7 Å². The summed E-state index contributed by atoms with van der Waals surface area (Å²) in [6.07, 6.45) is 0. The van der Waals surface area contributed by atoms with Crippen molar-refractivity contribution in [3.05, 3.63) is 23.8 Å². The van der Waals surface area contributed by atoms with E-state index in [1.165, 1.54) is 32.4 Å². The molecular weight excluding hydrogens is 332 g/mol. The number of sulfonamides is 1. The number of esters is 1. The summed E-state index contributed by atoms with van der Waals surface area (Å²) in [4.78, 5) is 11.5. The van der Waals surface area contributed by atoms with E-state index in [0.717, 1.165) is 0 Å². The van der Waals surface area contributed by atoms with Crippen LogP contribution in [0, 0.1) is 0 Å². The van der Waals surface area contributed by atoms with Crippen LogP contribution >= 0.6 is 12.4 Å². The van der Waals surface area contributed by atoms with Crippen LogP contribution in [0.3, 0.4) is 0 Å². The minimum absolute atomic E-state index is 0. The molecule has 0 aromatic heterocycles. The molecule has 0 spiro atoms. The normalized spacial score (nSPS) is 11.5. The zero-order valence-corrected chi connectivity index (χ0v) is 14.5. The molecule has 7 nitrogen and oxygen atoms in total. The molecule has 1 aromatic rings. The Balaban J connectivity index is 0.00000441. The number of benzene rings is 1. The first-order valence-corrected chi connectivity index (χ1v) is 7.65. The molecule has 0 saturated carbocycles. The first-order chi connectivity index (χ1) is 9.66. The predicted octanol–water partition coefficient (Wildman–Crippen LogP) is 0.919. The number of nitrogens with one attached hydrogen (secondary N) is 1. The third-order valence-corrected chi connectivity index (χ3v) is 4.51. The van der Waals surface area contributed by atoms with Gasteiger partial charge in [-0.1, -0.05) is 0 Å². The fraction of sp³-hybridized carbons (Fsp3) is 0.462. The van der Waals surface area contributed by atoms with E-state index in [1.807, 2.05) is 0 Å². The zero-order chi connectivity index (χ0) is 16.3. The molecule has 22 heavy (non-hydrogen) atoms. The summed E-state index contributed by atoms with van der Waals surface area (Å²) < 4.78 is 36.7. The third kappa shape index (κ3) is 4.84. The second kappa shape index (κ2) is 7.77. The Bertz CT molecular complexity index is 631. The highest BCUT2D eigenvalue weighted by atomic mass is 35.5. The number of ether oxygens (including phenoxy) is 2. The molecule has 0 atom stereocenters. The van der Waals surface area contributed by atoms with E-state index in [9.17, 15) is 13.2 Å². The van der Waals surface area contributed by atoms with Crippen molar-refractivity contribution in [2.75, 3.05) is 20.8 Å². The highest BCUT2D eigenvalue weighted by Gasteiger charge is 2.26. The number of carbonyl (C=O) groups excluding carboxylic acids is 1. The molecule has 0 amide bonds. The van der Waals surface area contributed by atoms with Crippen LogP contribution < -0.4 is 15.2 Å². The summed E-state index contributed by atoms with van der Waals surface area (Å²) in [6, 6.07) is 3.92. The highest BCUT2D eigenvalue weighted by molar-refractivity contribution is 7.89. The van der Waals surface area contributed by atoms with Crippen LogP contribution in [0.25, 0.3) is 0 Å². The molecule has 0 aliphatic carbocycles. The van der Waals surface area contributed by atoms with Gasteiger partial charge in [-0.2, -0.15) is 0 Å². The van der Waals surface area contributed by atoms with Gasteiger partial charge in [-0.15, -0.1) is 12.4 Å². The van der Waals surface area contributed by atoms with Gasteiger partial charge in [0.1, 0.15) is 11.3 Å². The lowest BCUT2D eigenvalue weighted by atomic mass is 10.1. The number of halogens is 1. The monoisotopic (exact) mass is 352 g/mol. The molecule has 1 rings (SSSR count). The van der Waals surface area contributed by atoms with E-state index in [0.29, 0.717) is 0 Å². The number of rotatable bonds is 6. The molecule has 0 unspecified atom stereocenters. The summed E-state index contributed by atoms with van der Waals surface area (Å²) in [5, 5.41) is 0. The minimum atomic E-state index is -3.77. The van der Waals surface area contributed by atoms with Crippen LogP contribution in [-0.2, 0) is 14.8 Å². The summed E-state index contributed by atoms with van der Waals surface area (Å²) in [5.41, 5.74) is 4.88. The van der Waals surface area contributed by atoms with Crippen LogP contribution in [0.1, 0.15) is 24.2 Å². The Kier molecular flexibility index (Phi) is 7.30. The number of methoxy groups -OCH3 is 2. The fourth-order valence-electron chi connectivity index (χ4n) is 1.58. The van der Waals surface area contributed by atoms with Gasteiger partial charge in [-0.25, -0.2) is 17.9 Å². The van der Waals surface area contributed by atoms with Crippen molar-refractivity contribution in [1.82, 2.24) is 4.72 Å². The molecule has 0 saturated heterocycles. The van der Waals surface area contributed by atoms with E-state index in [2.05, 4.69) is 9.46 Å². The molecule has 0 aliphatic rings. The lowest BCUT2D eigenvalue weighted by Gasteiger charge is -2.24. The number of hydrogen-bond donors (Lipinski definition) is 2. The molecule has 0 fully saturated rings. The van der Waals surface area contributed by atoms with Gasteiger partial charge in [0.05, 0.1) is 19.1 Å². The van der Waals surface area contributed by atoms with Crippen LogP contribution in [0.4, 0.5) is 0 Å². The first-order valence-electron chi connectivity index (χ1n) is 6.17. The Labute approximate surface area is 136 Å². The Morgan fingerprint density at radius 2 is 1.91 bits per heavy atom. The van der Waals surface area contributed by atoms with Gasteiger partial charge in [0.25, 0.3) is 0 Å². The zero-order valence-electron chi connectivity index (χ0n) is 12.9. The molecule has 0 bridgehead atoms. The Hall–Kier alpha value is -1.35. The lowest BCUT2D eigenvalue weighted by Crippen LogP contribution is -2.48. The Morgan fingerprint density at radius 1 is 1.32 bits per heavy atom. The summed E-state index contributed by atoms with van der Waals surface area (Å²) in [7, 11) is -1.20. The molecular formula is C13H21ClN2O5S. The number of hydrogen-bond acceptors (Lipinski definition) is 6. The summed E-state index contributed by atoms with van der Waals surface area (Å²) in [5.74, 6) is -0.485. The molecule has 0 heterocycles. The van der Waals surface area contributed by atoms with Gasteiger partial charge < -0.3 is 15.2 Å². The maximum atomic E-state index is 12.3. The molecule has 0 radical (unpaired) electrons. The van der Waals surface area contributed by atoms with E-state index in [1.54, 1.807) is 13.8 Å². The highest BCUT2D eigenvalue weighted by Crippen LogP contribution is 2.24. The maximum absolute atomic E-state index is 12.3. The molecule has 1 aromatic carbocycles. The first kappa shape index (κ1) is 20.6. The minimum Gasteiger partial charge on any atom is -0.496 e. The SMILES string of the molecule is COC(=O)c1ccc(S(=O)(=O)NC(C)(C)CN)cc1OC.Cl. The van der Waals surface area contributed by atoms with Gasteiger partial charge in [-0.05, 0) is 26.0 Å². The van der Waals surface area contributed by atoms with E-state index < -0.39 is 21.5 Å². The smallest absolute Gasteiger partial charge is 0.341 e. The summed E-state index contributed by atoms with van der Waals surface area (Å²) >= 11 is 0. The second-order valence-corrected chi connectivity index (χ2v) is 6.73. The van der Waals surface area contributed by atoms with Crippen LogP contribution in [0.15, 0.2) is 23.1 Å². The van der Waals surface area contributed by atoms with E-state index >= 15 is 0 Å². The van der Waals surface area contributed by atoms with Gasteiger partial charge >= 0.3 is 5.97 Å². The van der Waals surface area contributed by atoms with Gasteiger partial charge in [0.2, 0.25) is 10.0 Å². The fourth-order valence-corrected chi connectivity index (χ4v) is 3.02. The van der Waals surface area contributed by atoms with Gasteiger partial charge in [-0.3, -0.25) is 0 Å². The summed E-state index contributed by atoms with van der Waals surface area (Å²) in [6.45, 7) is 3.48. The maximum Gasteiger partial charge on any atom is 0.341 e. The Morgan fingerprint density at radius 3 is 2.36 bits per heavy atom. The third-order valence-electron chi connectivity index (χ3n) is 2.81. The molecule has 3 N–H and O–H groups in total. The van der Waals surface area contributed by atoms with Crippen molar-refractivity contribution in [3.63, 3.8) is 0 Å². The number of nitrogens with two attached hydrogens (primary N) is 1. The van der Waals surface area contributed by atoms with Crippen molar-refractivity contribution >= 4 is 28.4 Å². The quantitative estimate of drug-likeness (QED) is 0.737. The molecule has 0 aliphatic heterocycles. The van der Waals surface area contributed by atoms with Crippen LogP contribution in [0.2, 0.25) is 0 Å². The average Bonchev–Trinajstić information content (AvgIpc) is 2.44. The number of carbonyl (C=O) groups is 1. The van der Waals surface area contributed by atoms with E-state index in [4.69, 9.17) is 10.5 Å². The largest absolute Gasteiger partial charge is 0.496 e. The molecule has 9 heteroatoms. The lowest BCUT2D eigenvalue weighted by molar-refractivity contribution is 0.0597. The average molecular weight is 353 g/mol. The van der Waals surface area contributed by atoms with E-state index in [-0.39, 0.29) is 35.2 Å².